The second kappa shape index (κ2) is 7.17. The van der Waals surface area contributed by atoms with Crippen LogP contribution in [0.3, 0.4) is 0 Å². The molecule has 118 valence electrons. The van der Waals surface area contributed by atoms with Crippen LogP contribution < -0.4 is 21.5 Å². The smallest absolute Gasteiger partial charge is 0.253 e. The summed E-state index contributed by atoms with van der Waals surface area (Å²) < 4.78 is 13.1. The molecular weight excluding hydrogens is 285 g/mol. The van der Waals surface area contributed by atoms with E-state index in [0.717, 1.165) is 13.0 Å². The zero-order chi connectivity index (χ0) is 16.1. The van der Waals surface area contributed by atoms with Crippen molar-refractivity contribution in [2.24, 2.45) is 0 Å². The number of hydrogen-bond donors (Lipinski definition) is 2. The van der Waals surface area contributed by atoms with Gasteiger partial charge in [0.05, 0.1) is 0 Å². The average Bonchev–Trinajstić information content (AvgIpc) is 2.48. The normalized spacial score (nSPS) is 11.1. The van der Waals surface area contributed by atoms with Crippen molar-refractivity contribution in [2.75, 3.05) is 37.8 Å². The first-order valence-electron chi connectivity index (χ1n) is 7.19. The number of rotatable bonds is 8. The van der Waals surface area contributed by atoms with Crippen molar-refractivity contribution < 1.29 is 4.39 Å². The average molecular weight is 305 g/mol. The van der Waals surface area contributed by atoms with Gasteiger partial charge in [0.15, 0.2) is 0 Å². The Balaban J connectivity index is 1.93. The first-order chi connectivity index (χ1) is 10.5. The maximum absolute atomic E-state index is 13.1. The summed E-state index contributed by atoms with van der Waals surface area (Å²) in [5.41, 5.74) is 0.323. The SMILES string of the molecule is CN(C)CCCNc1c(NCc2cccc(F)c2)c(=O)c1=O. The van der Waals surface area contributed by atoms with Gasteiger partial charge in [-0.25, -0.2) is 4.39 Å². The molecule has 0 bridgehead atoms. The minimum Gasteiger partial charge on any atom is -0.380 e. The van der Waals surface area contributed by atoms with E-state index in [1.807, 2.05) is 19.0 Å². The molecule has 0 aliphatic carbocycles. The van der Waals surface area contributed by atoms with Crippen LogP contribution in [0.5, 0.6) is 0 Å². The van der Waals surface area contributed by atoms with Crippen LogP contribution in [0.4, 0.5) is 15.8 Å². The molecule has 0 saturated heterocycles. The second-order valence-electron chi connectivity index (χ2n) is 5.48. The Hall–Kier alpha value is -2.21. The van der Waals surface area contributed by atoms with Gasteiger partial charge in [-0.15, -0.1) is 0 Å². The van der Waals surface area contributed by atoms with Gasteiger partial charge in [0.2, 0.25) is 0 Å². The van der Waals surface area contributed by atoms with E-state index in [4.69, 9.17) is 0 Å². The molecule has 2 N–H and O–H groups in total. The maximum atomic E-state index is 13.1. The number of benzene rings is 1. The van der Waals surface area contributed by atoms with Crippen molar-refractivity contribution in [1.29, 1.82) is 0 Å². The summed E-state index contributed by atoms with van der Waals surface area (Å²) >= 11 is 0. The van der Waals surface area contributed by atoms with E-state index in [1.54, 1.807) is 12.1 Å². The Labute approximate surface area is 128 Å². The molecule has 0 radical (unpaired) electrons. The van der Waals surface area contributed by atoms with Crippen LogP contribution in [0.25, 0.3) is 0 Å². The number of halogens is 1. The van der Waals surface area contributed by atoms with Crippen LogP contribution in [0.15, 0.2) is 33.9 Å². The van der Waals surface area contributed by atoms with Crippen molar-refractivity contribution in [2.45, 2.75) is 13.0 Å². The van der Waals surface area contributed by atoms with E-state index < -0.39 is 10.9 Å². The van der Waals surface area contributed by atoms with Gasteiger partial charge in [0, 0.05) is 13.1 Å². The summed E-state index contributed by atoms with van der Waals surface area (Å²) in [6.07, 6.45) is 0.870. The van der Waals surface area contributed by atoms with Gasteiger partial charge in [-0.1, -0.05) is 12.1 Å². The molecule has 22 heavy (non-hydrogen) atoms. The number of nitrogens with one attached hydrogen (secondary N) is 2. The lowest BCUT2D eigenvalue weighted by atomic mass is 10.1. The van der Waals surface area contributed by atoms with Crippen LogP contribution in [0.2, 0.25) is 0 Å². The molecule has 0 fully saturated rings. The van der Waals surface area contributed by atoms with Crippen LogP contribution in [-0.2, 0) is 6.54 Å². The topological polar surface area (TPSA) is 61.4 Å². The molecule has 0 amide bonds. The molecule has 2 aromatic carbocycles. The van der Waals surface area contributed by atoms with Gasteiger partial charge < -0.3 is 15.5 Å². The monoisotopic (exact) mass is 305 g/mol. The second-order valence-corrected chi connectivity index (χ2v) is 5.48. The molecule has 2 aromatic rings. The van der Waals surface area contributed by atoms with Crippen molar-refractivity contribution in [1.82, 2.24) is 4.90 Å². The molecule has 0 atom stereocenters. The fourth-order valence-electron chi connectivity index (χ4n) is 2.18. The molecule has 0 saturated carbocycles. The Morgan fingerprint density at radius 1 is 1.09 bits per heavy atom. The third-order valence-electron chi connectivity index (χ3n) is 3.35. The summed E-state index contributed by atoms with van der Waals surface area (Å²) in [5.74, 6) is -0.327. The minimum absolute atomic E-state index is 0.291. The zero-order valence-corrected chi connectivity index (χ0v) is 12.8. The largest absolute Gasteiger partial charge is 0.380 e. The third kappa shape index (κ3) is 3.92. The standard InChI is InChI=1S/C16H20FN3O2/c1-20(2)8-4-7-18-13-14(16(22)15(13)21)19-10-11-5-3-6-12(17)9-11/h3,5-6,9,18-19H,4,7-8,10H2,1-2H3. The van der Waals surface area contributed by atoms with Gasteiger partial charge in [0.1, 0.15) is 17.2 Å². The lowest BCUT2D eigenvalue weighted by Crippen LogP contribution is -2.37. The van der Waals surface area contributed by atoms with Gasteiger partial charge in [0.25, 0.3) is 10.9 Å². The van der Waals surface area contributed by atoms with Crippen molar-refractivity contribution in [3.8, 4) is 0 Å². The van der Waals surface area contributed by atoms with Crippen LogP contribution >= 0.6 is 0 Å². The van der Waals surface area contributed by atoms with E-state index in [1.165, 1.54) is 12.1 Å². The number of hydrogen-bond acceptors (Lipinski definition) is 5. The quantitative estimate of drug-likeness (QED) is 0.570. The lowest BCUT2D eigenvalue weighted by molar-refractivity contribution is 0.405. The molecule has 0 aromatic heterocycles. The summed E-state index contributed by atoms with van der Waals surface area (Å²) in [6, 6.07) is 6.11. The van der Waals surface area contributed by atoms with Crippen molar-refractivity contribution in [3.63, 3.8) is 0 Å². The third-order valence-corrected chi connectivity index (χ3v) is 3.35. The minimum atomic E-state index is -0.522. The molecule has 0 aliphatic heterocycles. The van der Waals surface area contributed by atoms with Crippen molar-refractivity contribution >= 4 is 11.4 Å². The highest BCUT2D eigenvalue weighted by Gasteiger charge is 2.20. The molecule has 5 nitrogen and oxygen atoms in total. The predicted octanol–water partition coefficient (Wildman–Crippen LogP) is 1.40. The van der Waals surface area contributed by atoms with Crippen LogP contribution in [0, 0.1) is 5.82 Å². The van der Waals surface area contributed by atoms with E-state index in [2.05, 4.69) is 10.6 Å². The highest BCUT2D eigenvalue weighted by Crippen LogP contribution is 2.15. The molecule has 2 rings (SSSR count). The number of anilines is 2. The van der Waals surface area contributed by atoms with E-state index >= 15 is 0 Å². The van der Waals surface area contributed by atoms with Gasteiger partial charge >= 0.3 is 0 Å². The Morgan fingerprint density at radius 2 is 1.77 bits per heavy atom. The maximum Gasteiger partial charge on any atom is 0.253 e. The summed E-state index contributed by atoms with van der Waals surface area (Å²) in [4.78, 5) is 25.2. The highest BCUT2D eigenvalue weighted by atomic mass is 19.1. The molecule has 0 heterocycles. The Kier molecular flexibility index (Phi) is 5.27. The van der Waals surface area contributed by atoms with Gasteiger partial charge in [-0.2, -0.15) is 0 Å². The molecule has 0 spiro atoms. The highest BCUT2D eigenvalue weighted by molar-refractivity contribution is 5.73. The van der Waals surface area contributed by atoms with E-state index in [9.17, 15) is 14.0 Å². The van der Waals surface area contributed by atoms with Gasteiger partial charge in [-0.3, -0.25) is 9.59 Å². The predicted molar refractivity (Wildman–Crippen MR) is 86.7 cm³/mol. The first kappa shape index (κ1) is 16.2. The summed E-state index contributed by atoms with van der Waals surface area (Å²) in [5, 5.41) is 5.91. The molecule has 6 heteroatoms. The van der Waals surface area contributed by atoms with E-state index in [0.29, 0.717) is 30.0 Å². The van der Waals surface area contributed by atoms with Crippen molar-refractivity contribution in [3.05, 3.63) is 56.1 Å². The van der Waals surface area contributed by atoms with Crippen LogP contribution in [0.1, 0.15) is 12.0 Å². The fourth-order valence-corrected chi connectivity index (χ4v) is 2.18. The lowest BCUT2D eigenvalue weighted by Gasteiger charge is -2.15. The van der Waals surface area contributed by atoms with Gasteiger partial charge in [-0.05, 0) is 44.8 Å². The zero-order valence-electron chi connectivity index (χ0n) is 12.8. The van der Waals surface area contributed by atoms with E-state index in [-0.39, 0.29) is 5.82 Å². The molecular formula is C16H20FN3O2. The first-order valence-corrected chi connectivity index (χ1v) is 7.19. The van der Waals surface area contributed by atoms with Crippen LogP contribution in [-0.4, -0.2) is 32.1 Å². The Morgan fingerprint density at radius 3 is 2.41 bits per heavy atom. The number of nitrogens with zero attached hydrogens (tertiary/aromatic N) is 1. The fraction of sp³-hybridized carbons (Fsp3) is 0.375. The Bertz CT molecular complexity index is 706. The molecule has 0 aliphatic rings. The molecule has 0 unspecified atom stereocenters. The summed E-state index contributed by atoms with van der Waals surface area (Å²) in [6.45, 7) is 1.82. The summed E-state index contributed by atoms with van der Waals surface area (Å²) in [7, 11) is 3.95.